The molecule has 1 heterocycles. The fourth-order valence-corrected chi connectivity index (χ4v) is 3.40. The maximum atomic E-state index is 4.72. The number of guanidine groups is 1. The molecule has 150 valence electrons. The molecule has 1 fully saturated rings. The van der Waals surface area contributed by atoms with Crippen LogP contribution in [0.25, 0.3) is 0 Å². The van der Waals surface area contributed by atoms with E-state index in [1.165, 1.54) is 32.1 Å². The summed E-state index contributed by atoms with van der Waals surface area (Å²) in [5.41, 5.74) is 0. The Balaban J connectivity index is 0.00000338. The van der Waals surface area contributed by atoms with Crippen molar-refractivity contribution in [3.05, 3.63) is 12.2 Å². The van der Waals surface area contributed by atoms with Gasteiger partial charge in [-0.15, -0.1) is 34.2 Å². The van der Waals surface area contributed by atoms with Gasteiger partial charge in [0, 0.05) is 38.6 Å². The van der Waals surface area contributed by atoms with Gasteiger partial charge in [-0.3, -0.25) is 4.99 Å². The van der Waals surface area contributed by atoms with E-state index in [2.05, 4.69) is 51.2 Å². The average molecular weight is 477 g/mol. The van der Waals surface area contributed by atoms with Crippen LogP contribution in [0.3, 0.4) is 0 Å². The second kappa shape index (κ2) is 13.3. The summed E-state index contributed by atoms with van der Waals surface area (Å²) in [5.74, 6) is 1.92. The SMILES string of the molecule is CCNC(=NCCN(C)C1CCCCC1)NCCn1cnnc1CC.I. The fourth-order valence-electron chi connectivity index (χ4n) is 3.40. The molecule has 0 atom stereocenters. The minimum absolute atomic E-state index is 0. The van der Waals surface area contributed by atoms with Gasteiger partial charge >= 0.3 is 0 Å². The van der Waals surface area contributed by atoms with Crippen molar-refractivity contribution in [2.24, 2.45) is 4.99 Å². The second-order valence-electron chi connectivity index (χ2n) is 6.75. The number of aryl methyl sites for hydroxylation is 1. The topological polar surface area (TPSA) is 70.4 Å². The van der Waals surface area contributed by atoms with Gasteiger partial charge in [0.1, 0.15) is 12.2 Å². The molecular weight excluding hydrogens is 441 g/mol. The van der Waals surface area contributed by atoms with Gasteiger partial charge in [0.15, 0.2) is 5.96 Å². The molecule has 0 unspecified atom stereocenters. The van der Waals surface area contributed by atoms with E-state index in [1.807, 2.05) is 0 Å². The Morgan fingerprint density at radius 1 is 1.27 bits per heavy atom. The van der Waals surface area contributed by atoms with E-state index in [1.54, 1.807) is 6.33 Å². The maximum Gasteiger partial charge on any atom is 0.191 e. The Hall–Kier alpha value is -0.900. The molecule has 1 aromatic heterocycles. The molecule has 2 N–H and O–H groups in total. The Morgan fingerprint density at radius 2 is 2.04 bits per heavy atom. The molecule has 0 spiro atoms. The lowest BCUT2D eigenvalue weighted by atomic mass is 9.94. The number of nitrogens with one attached hydrogen (secondary N) is 2. The smallest absolute Gasteiger partial charge is 0.191 e. The first-order valence-electron chi connectivity index (χ1n) is 9.83. The molecule has 0 amide bonds. The third kappa shape index (κ3) is 7.77. The first kappa shape index (κ1) is 23.1. The van der Waals surface area contributed by atoms with Gasteiger partial charge in [-0.1, -0.05) is 26.2 Å². The lowest BCUT2D eigenvalue weighted by Gasteiger charge is -2.30. The van der Waals surface area contributed by atoms with Crippen LogP contribution < -0.4 is 10.6 Å². The Kier molecular flexibility index (Phi) is 11.8. The lowest BCUT2D eigenvalue weighted by molar-refractivity contribution is 0.196. The molecule has 1 aromatic rings. The highest BCUT2D eigenvalue weighted by Gasteiger charge is 2.17. The van der Waals surface area contributed by atoms with Crippen molar-refractivity contribution < 1.29 is 0 Å². The summed E-state index contributed by atoms with van der Waals surface area (Å²) in [7, 11) is 2.24. The molecule has 1 aliphatic rings. The summed E-state index contributed by atoms with van der Waals surface area (Å²) in [5, 5.41) is 14.8. The van der Waals surface area contributed by atoms with Gasteiger partial charge in [-0.25, -0.2) is 0 Å². The van der Waals surface area contributed by atoms with E-state index < -0.39 is 0 Å². The average Bonchev–Trinajstić information content (AvgIpc) is 3.10. The predicted molar refractivity (Wildman–Crippen MR) is 118 cm³/mol. The van der Waals surface area contributed by atoms with Crippen molar-refractivity contribution in [1.29, 1.82) is 0 Å². The molecule has 7 nitrogen and oxygen atoms in total. The highest BCUT2D eigenvalue weighted by Crippen LogP contribution is 2.21. The Morgan fingerprint density at radius 3 is 2.73 bits per heavy atom. The van der Waals surface area contributed by atoms with E-state index >= 15 is 0 Å². The molecule has 0 radical (unpaired) electrons. The number of aliphatic imine (C=N–C) groups is 1. The molecule has 0 bridgehead atoms. The summed E-state index contributed by atoms with van der Waals surface area (Å²) in [4.78, 5) is 7.20. The third-order valence-electron chi connectivity index (χ3n) is 4.92. The number of likely N-dealkylation sites (N-methyl/N-ethyl adjacent to an activating group) is 1. The second-order valence-corrected chi connectivity index (χ2v) is 6.75. The molecule has 0 saturated heterocycles. The zero-order valence-electron chi connectivity index (χ0n) is 16.6. The summed E-state index contributed by atoms with van der Waals surface area (Å²) >= 11 is 0. The molecule has 8 heteroatoms. The summed E-state index contributed by atoms with van der Waals surface area (Å²) in [6.07, 6.45) is 9.56. The van der Waals surface area contributed by atoms with E-state index in [4.69, 9.17) is 4.99 Å². The van der Waals surface area contributed by atoms with Crippen molar-refractivity contribution in [2.45, 2.75) is 65.0 Å². The zero-order valence-corrected chi connectivity index (χ0v) is 18.9. The number of rotatable bonds is 9. The molecule has 0 aliphatic heterocycles. The van der Waals surface area contributed by atoms with Crippen LogP contribution in [0.5, 0.6) is 0 Å². The highest BCUT2D eigenvalue weighted by atomic mass is 127. The molecular formula is C18H36IN7. The van der Waals surface area contributed by atoms with E-state index in [-0.39, 0.29) is 24.0 Å². The minimum atomic E-state index is 0. The number of aromatic nitrogens is 3. The third-order valence-corrected chi connectivity index (χ3v) is 4.92. The molecule has 2 rings (SSSR count). The van der Waals surface area contributed by atoms with E-state index in [0.29, 0.717) is 0 Å². The number of hydrogen-bond acceptors (Lipinski definition) is 4. The summed E-state index contributed by atoms with van der Waals surface area (Å²) < 4.78 is 2.09. The van der Waals surface area contributed by atoms with Crippen LogP contribution in [0.2, 0.25) is 0 Å². The zero-order chi connectivity index (χ0) is 17.9. The quantitative estimate of drug-likeness (QED) is 0.325. The number of hydrogen-bond donors (Lipinski definition) is 2. The van der Waals surface area contributed by atoms with Crippen LogP contribution >= 0.6 is 24.0 Å². The number of nitrogens with zero attached hydrogens (tertiary/aromatic N) is 5. The van der Waals surface area contributed by atoms with Gasteiger partial charge in [0.05, 0.1) is 6.54 Å². The van der Waals surface area contributed by atoms with Crippen LogP contribution in [0.1, 0.15) is 51.8 Å². The maximum absolute atomic E-state index is 4.72. The predicted octanol–water partition coefficient (Wildman–Crippen LogP) is 2.28. The van der Waals surface area contributed by atoms with Gasteiger partial charge in [-0.2, -0.15) is 0 Å². The summed E-state index contributed by atoms with van der Waals surface area (Å²) in [6, 6.07) is 0.751. The molecule has 0 aromatic carbocycles. The normalized spacial score (nSPS) is 15.8. The first-order valence-corrected chi connectivity index (χ1v) is 9.83. The van der Waals surface area contributed by atoms with Gasteiger partial charge in [-0.05, 0) is 26.8 Å². The van der Waals surface area contributed by atoms with Crippen molar-refractivity contribution in [2.75, 3.05) is 33.2 Å². The lowest BCUT2D eigenvalue weighted by Crippen LogP contribution is -2.40. The fraction of sp³-hybridized carbons (Fsp3) is 0.833. The van der Waals surface area contributed by atoms with Crippen LogP contribution in [-0.2, 0) is 13.0 Å². The van der Waals surface area contributed by atoms with Gasteiger partial charge in [0.25, 0.3) is 0 Å². The molecule has 1 aliphatic carbocycles. The van der Waals surface area contributed by atoms with Gasteiger partial charge < -0.3 is 20.1 Å². The molecule has 1 saturated carbocycles. The van der Waals surface area contributed by atoms with Crippen LogP contribution in [0.15, 0.2) is 11.3 Å². The highest BCUT2D eigenvalue weighted by molar-refractivity contribution is 14.0. The van der Waals surface area contributed by atoms with E-state index in [9.17, 15) is 0 Å². The number of halogens is 1. The standard InChI is InChI=1S/C18H35N7.HI/c1-4-17-23-22-15-25(17)14-12-21-18(19-5-2)20-11-13-24(3)16-9-7-6-8-10-16;/h15-16H,4-14H2,1-3H3,(H2,19,20,21);1H. The van der Waals surface area contributed by atoms with Gasteiger partial charge in [0.2, 0.25) is 0 Å². The monoisotopic (exact) mass is 477 g/mol. The van der Waals surface area contributed by atoms with Crippen molar-refractivity contribution in [1.82, 2.24) is 30.3 Å². The van der Waals surface area contributed by atoms with Crippen molar-refractivity contribution in [3.8, 4) is 0 Å². The van der Waals surface area contributed by atoms with E-state index in [0.717, 1.165) is 57.0 Å². The van der Waals surface area contributed by atoms with Crippen LogP contribution in [0, 0.1) is 0 Å². The Labute approximate surface area is 175 Å². The van der Waals surface area contributed by atoms with Crippen LogP contribution in [0.4, 0.5) is 0 Å². The van der Waals surface area contributed by atoms with Crippen LogP contribution in [-0.4, -0.2) is 64.9 Å². The van der Waals surface area contributed by atoms with Crippen molar-refractivity contribution in [3.63, 3.8) is 0 Å². The first-order chi connectivity index (χ1) is 12.2. The molecule has 26 heavy (non-hydrogen) atoms. The summed E-state index contributed by atoms with van der Waals surface area (Å²) in [6.45, 7) is 8.58. The largest absolute Gasteiger partial charge is 0.357 e. The minimum Gasteiger partial charge on any atom is -0.357 e. The Bertz CT molecular complexity index is 511. The van der Waals surface area contributed by atoms with Crippen molar-refractivity contribution >= 4 is 29.9 Å².